The van der Waals surface area contributed by atoms with Crippen LogP contribution in [0, 0.1) is 5.92 Å². The van der Waals surface area contributed by atoms with E-state index in [1.165, 1.54) is 6.08 Å². The number of ether oxygens (including phenoxy) is 2. The molecule has 0 aliphatic heterocycles. The Balaban J connectivity index is 2.04. The summed E-state index contributed by atoms with van der Waals surface area (Å²) in [5.74, 6) is 2.15. The van der Waals surface area contributed by atoms with Crippen LogP contribution in [0.5, 0.6) is 11.5 Å². The van der Waals surface area contributed by atoms with Crippen molar-refractivity contribution in [2.24, 2.45) is 5.92 Å². The summed E-state index contributed by atoms with van der Waals surface area (Å²) in [5.41, 5.74) is 2.84. The van der Waals surface area contributed by atoms with Crippen molar-refractivity contribution in [3.63, 3.8) is 0 Å². The normalized spacial score (nSPS) is 11.2. The first-order valence-electron chi connectivity index (χ1n) is 9.79. The predicted octanol–water partition coefficient (Wildman–Crippen LogP) is 5.90. The molecule has 0 aromatic heterocycles. The zero-order valence-electron chi connectivity index (χ0n) is 17.5. The van der Waals surface area contributed by atoms with Crippen LogP contribution in [0.4, 0.5) is 5.69 Å². The van der Waals surface area contributed by atoms with Gasteiger partial charge in [-0.1, -0.05) is 52.0 Å². The average Bonchev–Trinajstić information content (AvgIpc) is 2.67. The van der Waals surface area contributed by atoms with Gasteiger partial charge in [-0.2, -0.15) is 0 Å². The van der Waals surface area contributed by atoms with E-state index < -0.39 is 0 Å². The minimum Gasteiger partial charge on any atom is -0.493 e. The molecule has 4 heteroatoms. The van der Waals surface area contributed by atoms with Gasteiger partial charge in [-0.15, -0.1) is 0 Å². The van der Waals surface area contributed by atoms with Crippen molar-refractivity contribution < 1.29 is 14.3 Å². The summed E-state index contributed by atoms with van der Waals surface area (Å²) >= 11 is 0. The minimum absolute atomic E-state index is 0.163. The highest BCUT2D eigenvalue weighted by Crippen LogP contribution is 2.29. The molecule has 0 radical (unpaired) electrons. The van der Waals surface area contributed by atoms with Gasteiger partial charge in [-0.3, -0.25) is 4.79 Å². The summed E-state index contributed by atoms with van der Waals surface area (Å²) in [6, 6.07) is 13.5. The van der Waals surface area contributed by atoms with Crippen LogP contribution in [-0.4, -0.2) is 19.6 Å². The molecule has 2 aromatic carbocycles. The molecule has 0 aliphatic rings. The fourth-order valence-electron chi connectivity index (χ4n) is 2.77. The van der Waals surface area contributed by atoms with Crippen LogP contribution in [0.2, 0.25) is 0 Å². The second kappa shape index (κ2) is 10.5. The monoisotopic (exact) mass is 381 g/mol. The van der Waals surface area contributed by atoms with Gasteiger partial charge in [-0.25, -0.2) is 0 Å². The van der Waals surface area contributed by atoms with Crippen LogP contribution < -0.4 is 14.8 Å². The van der Waals surface area contributed by atoms with Crippen LogP contribution >= 0.6 is 0 Å². The number of hydrogen-bond donors (Lipinski definition) is 1. The maximum atomic E-state index is 12.3. The largest absolute Gasteiger partial charge is 0.493 e. The van der Waals surface area contributed by atoms with Gasteiger partial charge in [-0.05, 0) is 53.7 Å². The first-order chi connectivity index (χ1) is 13.4. The maximum absolute atomic E-state index is 12.3. The van der Waals surface area contributed by atoms with Gasteiger partial charge >= 0.3 is 0 Å². The fourth-order valence-corrected chi connectivity index (χ4v) is 2.77. The van der Waals surface area contributed by atoms with Crippen molar-refractivity contribution in [1.29, 1.82) is 0 Å². The summed E-state index contributed by atoms with van der Waals surface area (Å²) in [5, 5.41) is 2.96. The summed E-state index contributed by atoms with van der Waals surface area (Å²) in [6.45, 7) is 9.20. The van der Waals surface area contributed by atoms with E-state index in [-0.39, 0.29) is 5.91 Å². The van der Waals surface area contributed by atoms with Gasteiger partial charge < -0.3 is 14.8 Å². The van der Waals surface area contributed by atoms with Crippen LogP contribution in [0.3, 0.4) is 0 Å². The third-order valence-corrected chi connectivity index (χ3v) is 4.41. The number of rotatable bonds is 9. The predicted molar refractivity (Wildman–Crippen MR) is 116 cm³/mol. The molecule has 4 nitrogen and oxygen atoms in total. The second-order valence-corrected chi connectivity index (χ2v) is 7.51. The third-order valence-electron chi connectivity index (χ3n) is 4.41. The van der Waals surface area contributed by atoms with E-state index in [1.54, 1.807) is 13.2 Å². The van der Waals surface area contributed by atoms with E-state index in [2.05, 4.69) is 33.0 Å². The van der Waals surface area contributed by atoms with E-state index in [4.69, 9.17) is 9.47 Å². The first-order valence-corrected chi connectivity index (χ1v) is 9.79. The molecule has 0 saturated carbocycles. The average molecular weight is 382 g/mol. The van der Waals surface area contributed by atoms with Crippen LogP contribution in [0.1, 0.15) is 51.2 Å². The molecule has 0 aliphatic carbocycles. The zero-order chi connectivity index (χ0) is 20.5. The third kappa shape index (κ3) is 6.45. The van der Waals surface area contributed by atoms with Crippen molar-refractivity contribution in [2.45, 2.75) is 40.0 Å². The zero-order valence-corrected chi connectivity index (χ0v) is 17.5. The Kier molecular flexibility index (Phi) is 8.12. The first kappa shape index (κ1) is 21.5. The number of amides is 1. The maximum Gasteiger partial charge on any atom is 0.248 e. The molecular weight excluding hydrogens is 350 g/mol. The van der Waals surface area contributed by atoms with E-state index in [0.717, 1.165) is 29.0 Å². The molecule has 0 fully saturated rings. The fraction of sp³-hybridized carbons (Fsp3) is 0.375. The van der Waals surface area contributed by atoms with E-state index in [9.17, 15) is 4.79 Å². The molecule has 0 unspecified atom stereocenters. The molecular formula is C24H31NO3. The highest BCUT2D eigenvalue weighted by molar-refractivity contribution is 6.02. The standard InChI is InChI=1S/C24H31NO3/c1-17(2)14-15-28-22-12-10-19(16-23(22)27-5)11-13-24(26)25-21-9-7-6-8-20(21)18(3)4/h6-13,16-18H,14-15H2,1-5H3,(H,25,26). The van der Waals surface area contributed by atoms with Crippen LogP contribution in [0.25, 0.3) is 6.08 Å². The molecule has 150 valence electrons. The molecule has 28 heavy (non-hydrogen) atoms. The molecule has 1 N–H and O–H groups in total. The number of methoxy groups -OCH3 is 1. The lowest BCUT2D eigenvalue weighted by Crippen LogP contribution is -2.10. The van der Waals surface area contributed by atoms with Crippen molar-refractivity contribution in [1.82, 2.24) is 0 Å². The van der Waals surface area contributed by atoms with E-state index in [1.807, 2.05) is 42.5 Å². The van der Waals surface area contributed by atoms with Gasteiger partial charge in [0.25, 0.3) is 0 Å². The van der Waals surface area contributed by atoms with E-state index >= 15 is 0 Å². The topological polar surface area (TPSA) is 47.6 Å². The Labute approximate surface area is 168 Å². The Morgan fingerprint density at radius 2 is 1.82 bits per heavy atom. The van der Waals surface area contributed by atoms with Crippen LogP contribution in [-0.2, 0) is 4.79 Å². The minimum atomic E-state index is -0.163. The summed E-state index contributed by atoms with van der Waals surface area (Å²) in [4.78, 5) is 12.3. The van der Waals surface area contributed by atoms with Crippen molar-refractivity contribution in [3.05, 3.63) is 59.7 Å². The smallest absolute Gasteiger partial charge is 0.248 e. The van der Waals surface area contributed by atoms with Gasteiger partial charge in [0, 0.05) is 11.8 Å². The number of anilines is 1. The van der Waals surface area contributed by atoms with Gasteiger partial charge in [0.05, 0.1) is 13.7 Å². The molecule has 0 spiro atoms. The number of carbonyl (C=O) groups is 1. The Hall–Kier alpha value is -2.75. The lowest BCUT2D eigenvalue weighted by Gasteiger charge is -2.13. The van der Waals surface area contributed by atoms with E-state index in [0.29, 0.717) is 24.2 Å². The summed E-state index contributed by atoms with van der Waals surface area (Å²) in [7, 11) is 1.62. The molecule has 0 bridgehead atoms. The SMILES string of the molecule is COc1cc(C=CC(=O)Nc2ccccc2C(C)C)ccc1OCCC(C)C. The Morgan fingerprint density at radius 1 is 1.07 bits per heavy atom. The molecule has 0 saturated heterocycles. The summed E-state index contributed by atoms with van der Waals surface area (Å²) in [6.07, 6.45) is 4.29. The van der Waals surface area contributed by atoms with Gasteiger partial charge in [0.15, 0.2) is 11.5 Å². The lowest BCUT2D eigenvalue weighted by molar-refractivity contribution is -0.111. The Morgan fingerprint density at radius 3 is 2.50 bits per heavy atom. The molecule has 2 aromatic rings. The van der Waals surface area contributed by atoms with Crippen molar-refractivity contribution in [2.75, 3.05) is 19.0 Å². The number of nitrogens with one attached hydrogen (secondary N) is 1. The number of carbonyl (C=O) groups excluding carboxylic acids is 1. The van der Waals surface area contributed by atoms with Gasteiger partial charge in [0.2, 0.25) is 5.91 Å². The summed E-state index contributed by atoms with van der Waals surface area (Å²) < 4.78 is 11.2. The highest BCUT2D eigenvalue weighted by atomic mass is 16.5. The Bertz CT molecular complexity index is 809. The van der Waals surface area contributed by atoms with Crippen LogP contribution in [0.15, 0.2) is 48.5 Å². The molecule has 1 amide bonds. The van der Waals surface area contributed by atoms with Crippen molar-refractivity contribution in [3.8, 4) is 11.5 Å². The number of hydrogen-bond acceptors (Lipinski definition) is 3. The highest BCUT2D eigenvalue weighted by Gasteiger charge is 2.08. The molecule has 2 rings (SSSR count). The van der Waals surface area contributed by atoms with Gasteiger partial charge in [0.1, 0.15) is 0 Å². The second-order valence-electron chi connectivity index (χ2n) is 7.51. The molecule has 0 heterocycles. The quantitative estimate of drug-likeness (QED) is 0.551. The molecule has 0 atom stereocenters. The lowest BCUT2D eigenvalue weighted by atomic mass is 10.0. The number of para-hydroxylation sites is 1. The van der Waals surface area contributed by atoms with Crippen molar-refractivity contribution >= 4 is 17.7 Å². The number of benzene rings is 2.